The number of hydrogen-bond donors (Lipinski definition) is 1. The van der Waals surface area contributed by atoms with Gasteiger partial charge in [-0.05, 0) is 24.3 Å². The molecule has 1 N–H and O–H groups in total. The van der Waals surface area contributed by atoms with Gasteiger partial charge in [-0.2, -0.15) is 5.10 Å². The lowest BCUT2D eigenvalue weighted by molar-refractivity contribution is -0.117. The Bertz CT molecular complexity index is 847. The van der Waals surface area contributed by atoms with Crippen LogP contribution in [0.2, 0.25) is 5.02 Å². The number of nitrogens with zero attached hydrogens (tertiary/aromatic N) is 4. The Morgan fingerprint density at radius 2 is 1.88 bits per heavy atom. The molecular weight excluding hydrogens is 422 g/mol. The molecule has 2 heterocycles. The third-order valence-electron chi connectivity index (χ3n) is 4.27. The van der Waals surface area contributed by atoms with Crippen LogP contribution in [0.5, 0.6) is 0 Å². The first-order chi connectivity index (χ1) is 12.4. The highest BCUT2D eigenvalue weighted by Crippen LogP contribution is 2.22. The van der Waals surface area contributed by atoms with Crippen LogP contribution in [0.1, 0.15) is 0 Å². The number of anilines is 2. The predicted octanol–water partition coefficient (Wildman–Crippen LogP) is 1.96. The zero-order valence-electron chi connectivity index (χ0n) is 14.3. The molecule has 0 spiro atoms. The van der Waals surface area contributed by atoms with Gasteiger partial charge in [0, 0.05) is 43.4 Å². The Morgan fingerprint density at radius 3 is 2.54 bits per heavy atom. The Kier molecular flexibility index (Phi) is 5.95. The van der Waals surface area contributed by atoms with Crippen molar-refractivity contribution in [2.45, 2.75) is 0 Å². The lowest BCUT2D eigenvalue weighted by Crippen LogP contribution is -2.49. The third kappa shape index (κ3) is 4.44. The summed E-state index contributed by atoms with van der Waals surface area (Å²) in [5.74, 6) is -0.0472. The van der Waals surface area contributed by atoms with Gasteiger partial charge in [-0.1, -0.05) is 27.5 Å². The predicted molar refractivity (Wildman–Crippen MR) is 106 cm³/mol. The number of nitrogens with one attached hydrogen (secondary N) is 1. The van der Waals surface area contributed by atoms with Crippen molar-refractivity contribution in [2.24, 2.45) is 7.05 Å². The molecule has 138 valence electrons. The van der Waals surface area contributed by atoms with Crippen molar-refractivity contribution in [2.75, 3.05) is 42.9 Å². The van der Waals surface area contributed by atoms with Gasteiger partial charge in [0.25, 0.3) is 5.56 Å². The number of amides is 1. The summed E-state index contributed by atoms with van der Waals surface area (Å²) in [5, 5.41) is 7.11. The van der Waals surface area contributed by atoms with E-state index in [0.717, 1.165) is 10.2 Å². The zero-order chi connectivity index (χ0) is 18.7. The Balaban J connectivity index is 1.54. The molecule has 1 aliphatic rings. The van der Waals surface area contributed by atoms with Gasteiger partial charge in [0.2, 0.25) is 5.91 Å². The summed E-state index contributed by atoms with van der Waals surface area (Å²) >= 11 is 9.53. The molecule has 1 fully saturated rings. The Morgan fingerprint density at radius 1 is 1.23 bits per heavy atom. The SMILES string of the molecule is Cn1ncc(N2CCN(CC(=O)Nc3ccc(Br)cc3)CC2)c(Cl)c1=O. The van der Waals surface area contributed by atoms with E-state index in [9.17, 15) is 9.59 Å². The number of hydrogen-bond acceptors (Lipinski definition) is 5. The van der Waals surface area contributed by atoms with Gasteiger partial charge in [0.1, 0.15) is 5.02 Å². The lowest BCUT2D eigenvalue weighted by atomic mass is 10.2. The van der Waals surface area contributed by atoms with E-state index < -0.39 is 0 Å². The second-order valence-electron chi connectivity index (χ2n) is 6.09. The number of halogens is 2. The number of aryl methyl sites for hydroxylation is 1. The van der Waals surface area contributed by atoms with E-state index in [2.05, 4.69) is 31.2 Å². The van der Waals surface area contributed by atoms with Crippen molar-refractivity contribution in [3.8, 4) is 0 Å². The maximum atomic E-state index is 12.2. The highest BCUT2D eigenvalue weighted by Gasteiger charge is 2.22. The van der Waals surface area contributed by atoms with E-state index >= 15 is 0 Å². The monoisotopic (exact) mass is 439 g/mol. The summed E-state index contributed by atoms with van der Waals surface area (Å²) in [4.78, 5) is 28.2. The average Bonchev–Trinajstić information content (AvgIpc) is 2.63. The Labute approximate surface area is 164 Å². The minimum absolute atomic E-state index is 0.0472. The number of carbonyl (C=O) groups is 1. The van der Waals surface area contributed by atoms with Gasteiger partial charge >= 0.3 is 0 Å². The second kappa shape index (κ2) is 8.20. The van der Waals surface area contributed by atoms with Crippen molar-refractivity contribution in [3.63, 3.8) is 0 Å². The Hall–Kier alpha value is -1.90. The fourth-order valence-corrected chi connectivity index (χ4v) is 3.36. The summed E-state index contributed by atoms with van der Waals surface area (Å²) in [6.07, 6.45) is 1.61. The van der Waals surface area contributed by atoms with Gasteiger partial charge in [-0.25, -0.2) is 4.68 Å². The van der Waals surface area contributed by atoms with Crippen molar-refractivity contribution in [1.29, 1.82) is 0 Å². The molecular formula is C17H19BrClN5O2. The number of aromatic nitrogens is 2. The van der Waals surface area contributed by atoms with Crippen molar-refractivity contribution >= 4 is 44.8 Å². The van der Waals surface area contributed by atoms with Crippen LogP contribution in [-0.2, 0) is 11.8 Å². The molecule has 7 nitrogen and oxygen atoms in total. The molecule has 1 aliphatic heterocycles. The third-order valence-corrected chi connectivity index (χ3v) is 5.15. The van der Waals surface area contributed by atoms with Crippen LogP contribution in [0.4, 0.5) is 11.4 Å². The molecule has 1 aromatic carbocycles. The molecule has 0 unspecified atom stereocenters. The van der Waals surface area contributed by atoms with Crippen LogP contribution in [0, 0.1) is 0 Å². The first-order valence-corrected chi connectivity index (χ1v) is 9.35. The van der Waals surface area contributed by atoms with E-state index in [0.29, 0.717) is 38.4 Å². The van der Waals surface area contributed by atoms with E-state index in [1.807, 2.05) is 29.2 Å². The number of benzene rings is 1. The van der Waals surface area contributed by atoms with Crippen molar-refractivity contribution in [3.05, 3.63) is 50.3 Å². The molecule has 0 atom stereocenters. The first-order valence-electron chi connectivity index (χ1n) is 8.18. The zero-order valence-corrected chi connectivity index (χ0v) is 16.6. The number of carbonyl (C=O) groups excluding carboxylic acids is 1. The molecule has 26 heavy (non-hydrogen) atoms. The van der Waals surface area contributed by atoms with E-state index in [1.54, 1.807) is 13.2 Å². The van der Waals surface area contributed by atoms with Gasteiger partial charge in [0.15, 0.2) is 0 Å². The summed E-state index contributed by atoms with van der Waals surface area (Å²) < 4.78 is 2.18. The van der Waals surface area contributed by atoms with E-state index in [1.165, 1.54) is 4.68 Å². The smallest absolute Gasteiger partial charge is 0.287 e. The van der Waals surface area contributed by atoms with Gasteiger partial charge in [0.05, 0.1) is 18.4 Å². The van der Waals surface area contributed by atoms with Crippen LogP contribution < -0.4 is 15.8 Å². The molecule has 0 bridgehead atoms. The quantitative estimate of drug-likeness (QED) is 0.787. The first kappa shape index (κ1) is 18.9. The molecule has 0 saturated carbocycles. The largest absolute Gasteiger partial charge is 0.366 e. The maximum absolute atomic E-state index is 12.2. The summed E-state index contributed by atoms with van der Waals surface area (Å²) in [7, 11) is 1.57. The van der Waals surface area contributed by atoms with Crippen LogP contribution in [0.15, 0.2) is 39.7 Å². The maximum Gasteiger partial charge on any atom is 0.287 e. The average molecular weight is 441 g/mol. The van der Waals surface area contributed by atoms with Crippen LogP contribution in [-0.4, -0.2) is 53.3 Å². The van der Waals surface area contributed by atoms with Gasteiger partial charge < -0.3 is 10.2 Å². The van der Waals surface area contributed by atoms with E-state index in [-0.39, 0.29) is 16.5 Å². The topological polar surface area (TPSA) is 70.5 Å². The fraction of sp³-hybridized carbons (Fsp3) is 0.353. The molecule has 1 aromatic heterocycles. The van der Waals surface area contributed by atoms with Gasteiger partial charge in [-0.15, -0.1) is 0 Å². The van der Waals surface area contributed by atoms with Crippen molar-refractivity contribution < 1.29 is 4.79 Å². The minimum Gasteiger partial charge on any atom is -0.366 e. The standard InChI is InChI=1S/C17H19BrClN5O2/c1-22-17(26)16(19)14(10-20-22)24-8-6-23(7-9-24)11-15(25)21-13-4-2-12(18)3-5-13/h2-5,10H,6-9,11H2,1H3,(H,21,25). The minimum atomic E-state index is -0.305. The summed E-state index contributed by atoms with van der Waals surface area (Å²) in [5.41, 5.74) is 1.11. The molecule has 9 heteroatoms. The molecule has 0 radical (unpaired) electrons. The summed E-state index contributed by atoms with van der Waals surface area (Å²) in [6, 6.07) is 7.47. The molecule has 1 amide bonds. The molecule has 3 rings (SSSR count). The van der Waals surface area contributed by atoms with Gasteiger partial charge in [-0.3, -0.25) is 14.5 Å². The number of piperazine rings is 1. The van der Waals surface area contributed by atoms with E-state index in [4.69, 9.17) is 11.6 Å². The fourth-order valence-electron chi connectivity index (χ4n) is 2.81. The number of rotatable bonds is 4. The summed E-state index contributed by atoms with van der Waals surface area (Å²) in [6.45, 7) is 3.10. The normalized spacial score (nSPS) is 15.1. The molecule has 0 aliphatic carbocycles. The molecule has 1 saturated heterocycles. The van der Waals surface area contributed by atoms with Crippen LogP contribution >= 0.6 is 27.5 Å². The highest BCUT2D eigenvalue weighted by molar-refractivity contribution is 9.10. The lowest BCUT2D eigenvalue weighted by Gasteiger charge is -2.35. The van der Waals surface area contributed by atoms with Crippen LogP contribution in [0.25, 0.3) is 0 Å². The molecule has 2 aromatic rings. The second-order valence-corrected chi connectivity index (χ2v) is 7.38. The van der Waals surface area contributed by atoms with Crippen molar-refractivity contribution in [1.82, 2.24) is 14.7 Å². The highest BCUT2D eigenvalue weighted by atomic mass is 79.9. The van der Waals surface area contributed by atoms with Crippen LogP contribution in [0.3, 0.4) is 0 Å².